The number of para-hydroxylation sites is 1. The SMILES string of the molecule is CSc1nnc(-c2ccccc2NC(=O)CC#N)c(=O)[nH]1. The molecule has 0 aliphatic rings. The first-order valence-electron chi connectivity index (χ1n) is 5.93. The van der Waals surface area contributed by atoms with Crippen LogP contribution in [0.2, 0.25) is 0 Å². The Morgan fingerprint density at radius 1 is 1.43 bits per heavy atom. The van der Waals surface area contributed by atoms with Crippen molar-refractivity contribution in [3.8, 4) is 17.3 Å². The molecule has 0 saturated carbocycles. The molecule has 1 heterocycles. The van der Waals surface area contributed by atoms with Gasteiger partial charge in [-0.3, -0.25) is 14.6 Å². The van der Waals surface area contributed by atoms with Crippen LogP contribution in [0.4, 0.5) is 5.69 Å². The highest BCUT2D eigenvalue weighted by molar-refractivity contribution is 7.98. The number of rotatable bonds is 4. The van der Waals surface area contributed by atoms with Gasteiger partial charge in [0.1, 0.15) is 6.42 Å². The number of carbonyl (C=O) groups is 1. The Bertz CT molecular complexity index is 766. The van der Waals surface area contributed by atoms with Crippen molar-refractivity contribution in [2.45, 2.75) is 11.6 Å². The summed E-state index contributed by atoms with van der Waals surface area (Å²) in [7, 11) is 0. The fourth-order valence-corrected chi connectivity index (χ4v) is 1.97. The van der Waals surface area contributed by atoms with E-state index in [-0.39, 0.29) is 12.1 Å². The number of thioether (sulfide) groups is 1. The molecule has 0 fully saturated rings. The second-order valence-electron chi connectivity index (χ2n) is 3.94. The smallest absolute Gasteiger partial charge is 0.278 e. The van der Waals surface area contributed by atoms with Crippen LogP contribution in [0.5, 0.6) is 0 Å². The van der Waals surface area contributed by atoms with Crippen molar-refractivity contribution in [1.29, 1.82) is 5.26 Å². The quantitative estimate of drug-likeness (QED) is 0.826. The van der Waals surface area contributed by atoms with Gasteiger partial charge in [0.05, 0.1) is 11.8 Å². The normalized spacial score (nSPS) is 9.90. The number of nitriles is 1. The van der Waals surface area contributed by atoms with E-state index in [1.54, 1.807) is 36.6 Å². The van der Waals surface area contributed by atoms with Gasteiger partial charge in [0.2, 0.25) is 5.91 Å². The van der Waals surface area contributed by atoms with Gasteiger partial charge in [-0.05, 0) is 12.3 Å². The summed E-state index contributed by atoms with van der Waals surface area (Å²) in [5.41, 5.74) is 0.580. The predicted molar refractivity (Wildman–Crippen MR) is 78.7 cm³/mol. The largest absolute Gasteiger partial charge is 0.325 e. The average molecular weight is 301 g/mol. The third-order valence-electron chi connectivity index (χ3n) is 2.57. The first-order chi connectivity index (χ1) is 10.2. The van der Waals surface area contributed by atoms with Crippen LogP contribution in [0, 0.1) is 11.3 Å². The molecule has 0 aliphatic heterocycles. The van der Waals surface area contributed by atoms with Crippen LogP contribution in [0.25, 0.3) is 11.3 Å². The first-order valence-corrected chi connectivity index (χ1v) is 7.15. The topological polar surface area (TPSA) is 112 Å². The lowest BCUT2D eigenvalue weighted by Crippen LogP contribution is -2.16. The molecule has 106 valence electrons. The van der Waals surface area contributed by atoms with E-state index in [4.69, 9.17) is 5.26 Å². The lowest BCUT2D eigenvalue weighted by Gasteiger charge is -2.08. The zero-order valence-electron chi connectivity index (χ0n) is 11.1. The Morgan fingerprint density at radius 2 is 2.19 bits per heavy atom. The lowest BCUT2D eigenvalue weighted by molar-refractivity contribution is -0.115. The van der Waals surface area contributed by atoms with Crippen molar-refractivity contribution in [2.24, 2.45) is 0 Å². The molecule has 0 spiro atoms. The van der Waals surface area contributed by atoms with Gasteiger partial charge in [-0.15, -0.1) is 10.2 Å². The zero-order chi connectivity index (χ0) is 15.2. The number of amides is 1. The van der Waals surface area contributed by atoms with E-state index >= 15 is 0 Å². The molecule has 0 aliphatic carbocycles. The molecule has 1 aromatic carbocycles. The number of anilines is 1. The van der Waals surface area contributed by atoms with Crippen molar-refractivity contribution < 1.29 is 4.79 Å². The van der Waals surface area contributed by atoms with E-state index in [0.717, 1.165) is 0 Å². The molecule has 2 rings (SSSR count). The molecule has 0 unspecified atom stereocenters. The number of H-pyrrole nitrogens is 1. The van der Waals surface area contributed by atoms with E-state index in [2.05, 4.69) is 20.5 Å². The van der Waals surface area contributed by atoms with Crippen molar-refractivity contribution in [3.05, 3.63) is 34.6 Å². The minimum Gasteiger partial charge on any atom is -0.325 e. The van der Waals surface area contributed by atoms with Crippen molar-refractivity contribution in [1.82, 2.24) is 15.2 Å². The number of hydrogen-bond acceptors (Lipinski definition) is 6. The number of nitrogens with zero attached hydrogens (tertiary/aromatic N) is 3. The summed E-state index contributed by atoms with van der Waals surface area (Å²) < 4.78 is 0. The highest BCUT2D eigenvalue weighted by Crippen LogP contribution is 2.23. The van der Waals surface area contributed by atoms with Crippen LogP contribution in [-0.4, -0.2) is 27.3 Å². The van der Waals surface area contributed by atoms with E-state index < -0.39 is 11.5 Å². The van der Waals surface area contributed by atoms with Gasteiger partial charge in [0, 0.05) is 5.56 Å². The fourth-order valence-electron chi connectivity index (χ4n) is 1.65. The maximum atomic E-state index is 12.0. The molecule has 2 aromatic rings. The Kier molecular flexibility index (Phi) is 4.68. The molecule has 1 aromatic heterocycles. The third-order valence-corrected chi connectivity index (χ3v) is 3.14. The molecule has 21 heavy (non-hydrogen) atoms. The van der Waals surface area contributed by atoms with Crippen molar-refractivity contribution in [3.63, 3.8) is 0 Å². The Morgan fingerprint density at radius 3 is 2.86 bits per heavy atom. The molecular formula is C13H11N5O2S. The highest BCUT2D eigenvalue weighted by atomic mass is 32.2. The molecule has 0 bridgehead atoms. The van der Waals surface area contributed by atoms with E-state index in [1.165, 1.54) is 11.8 Å². The summed E-state index contributed by atoms with van der Waals surface area (Å²) in [6, 6.07) is 8.48. The van der Waals surface area contributed by atoms with Crippen LogP contribution in [0.15, 0.2) is 34.2 Å². The molecule has 8 heteroatoms. The molecule has 0 saturated heterocycles. The Hall–Kier alpha value is -2.66. The fraction of sp³-hybridized carbons (Fsp3) is 0.154. The number of nitrogens with one attached hydrogen (secondary N) is 2. The number of aromatic nitrogens is 3. The average Bonchev–Trinajstić information content (AvgIpc) is 2.48. The van der Waals surface area contributed by atoms with Crippen LogP contribution in [-0.2, 0) is 4.79 Å². The van der Waals surface area contributed by atoms with Gasteiger partial charge >= 0.3 is 0 Å². The van der Waals surface area contributed by atoms with Crippen molar-refractivity contribution >= 4 is 23.4 Å². The molecule has 0 atom stereocenters. The predicted octanol–water partition coefficient (Wildman–Crippen LogP) is 1.41. The van der Waals surface area contributed by atoms with Crippen molar-refractivity contribution in [2.75, 3.05) is 11.6 Å². The van der Waals surface area contributed by atoms with Crippen LogP contribution < -0.4 is 10.9 Å². The second kappa shape index (κ2) is 6.67. The summed E-state index contributed by atoms with van der Waals surface area (Å²) >= 11 is 1.27. The molecule has 0 radical (unpaired) electrons. The molecular weight excluding hydrogens is 290 g/mol. The van der Waals surface area contributed by atoms with Gasteiger partial charge in [-0.2, -0.15) is 5.26 Å². The third kappa shape index (κ3) is 3.46. The summed E-state index contributed by atoms with van der Waals surface area (Å²) in [6.45, 7) is 0. The maximum absolute atomic E-state index is 12.0. The van der Waals surface area contributed by atoms with Crippen LogP contribution in [0.1, 0.15) is 6.42 Å². The number of aromatic amines is 1. The van der Waals surface area contributed by atoms with E-state index in [9.17, 15) is 9.59 Å². The first kappa shape index (κ1) is 14.7. The number of benzene rings is 1. The Labute approximate surface area is 124 Å². The Balaban J connectivity index is 2.43. The standard InChI is InChI=1S/C13H11N5O2S/c1-21-13-16-12(20)11(17-18-13)8-4-2-3-5-9(8)15-10(19)6-7-14/h2-5H,6H2,1H3,(H,15,19)(H,16,18,20). The minimum atomic E-state index is -0.449. The van der Waals surface area contributed by atoms with Crippen LogP contribution >= 0.6 is 11.8 Å². The number of carbonyl (C=O) groups excluding carboxylic acids is 1. The maximum Gasteiger partial charge on any atom is 0.278 e. The summed E-state index contributed by atoms with van der Waals surface area (Å²) in [4.78, 5) is 26.1. The lowest BCUT2D eigenvalue weighted by atomic mass is 10.1. The molecule has 1 amide bonds. The minimum absolute atomic E-state index is 0.112. The summed E-state index contributed by atoms with van der Waals surface area (Å²) in [5, 5.41) is 19.3. The molecule has 2 N–H and O–H groups in total. The van der Waals surface area contributed by atoms with Gasteiger partial charge in [0.15, 0.2) is 10.9 Å². The summed E-state index contributed by atoms with van der Waals surface area (Å²) in [5.74, 6) is -0.449. The van der Waals surface area contributed by atoms with E-state index in [0.29, 0.717) is 16.4 Å². The monoisotopic (exact) mass is 301 g/mol. The van der Waals surface area contributed by atoms with E-state index in [1.807, 2.05) is 0 Å². The second-order valence-corrected chi connectivity index (χ2v) is 4.74. The van der Waals surface area contributed by atoms with Gasteiger partial charge in [-0.25, -0.2) is 0 Å². The zero-order valence-corrected chi connectivity index (χ0v) is 11.9. The van der Waals surface area contributed by atoms with Gasteiger partial charge in [-0.1, -0.05) is 30.0 Å². The highest BCUT2D eigenvalue weighted by Gasteiger charge is 2.13. The van der Waals surface area contributed by atoms with Gasteiger partial charge in [0.25, 0.3) is 5.56 Å². The summed E-state index contributed by atoms with van der Waals surface area (Å²) in [6.07, 6.45) is 1.51. The number of hydrogen-bond donors (Lipinski definition) is 2. The van der Waals surface area contributed by atoms with Crippen LogP contribution in [0.3, 0.4) is 0 Å². The molecule has 7 nitrogen and oxygen atoms in total. The van der Waals surface area contributed by atoms with Gasteiger partial charge < -0.3 is 5.32 Å².